The first kappa shape index (κ1) is 15.9. The van der Waals surface area contributed by atoms with Crippen molar-refractivity contribution in [3.05, 3.63) is 46.3 Å². The number of halogens is 2. The second kappa shape index (κ2) is 6.66. The molecular formula is C16H18ClFN4O. The molecule has 2 heterocycles. The zero-order valence-corrected chi connectivity index (χ0v) is 13.6. The van der Waals surface area contributed by atoms with Crippen LogP contribution in [0.2, 0.25) is 5.02 Å². The lowest BCUT2D eigenvalue weighted by Gasteiger charge is -2.19. The second-order valence-electron chi connectivity index (χ2n) is 5.75. The van der Waals surface area contributed by atoms with Crippen molar-refractivity contribution in [2.45, 2.75) is 45.2 Å². The average molecular weight is 337 g/mol. The van der Waals surface area contributed by atoms with Crippen LogP contribution in [0.3, 0.4) is 0 Å². The summed E-state index contributed by atoms with van der Waals surface area (Å²) in [6.07, 6.45) is 3.02. The third-order valence-corrected chi connectivity index (χ3v) is 4.41. The third-order valence-electron chi connectivity index (χ3n) is 4.05. The lowest BCUT2D eigenvalue weighted by molar-refractivity contribution is -0.121. The minimum Gasteiger partial charge on any atom is -0.346 e. The summed E-state index contributed by atoms with van der Waals surface area (Å²) in [5, 5.41) is 11.5. The first-order chi connectivity index (χ1) is 11.1. The van der Waals surface area contributed by atoms with Crippen LogP contribution in [0.1, 0.15) is 43.0 Å². The molecule has 1 N–H and O–H groups in total. The predicted molar refractivity (Wildman–Crippen MR) is 84.6 cm³/mol. The predicted octanol–water partition coefficient (Wildman–Crippen LogP) is 2.83. The van der Waals surface area contributed by atoms with E-state index in [9.17, 15) is 9.18 Å². The standard InChI is InChI=1S/C16H18ClFN4O/c1-10(16-21-20-14-7-2-3-8-22(14)16)19-15(23)9-11-12(17)5-4-6-13(11)18/h4-6,10H,2-3,7-9H2,1H3,(H,19,23)/t10-/m1/s1. The van der Waals surface area contributed by atoms with E-state index < -0.39 is 5.82 Å². The Morgan fingerprint density at radius 1 is 1.43 bits per heavy atom. The maximum absolute atomic E-state index is 13.8. The third kappa shape index (κ3) is 3.37. The molecule has 1 aliphatic heterocycles. The molecule has 0 unspecified atom stereocenters. The molecule has 0 aliphatic carbocycles. The summed E-state index contributed by atoms with van der Waals surface area (Å²) in [6.45, 7) is 2.73. The molecule has 1 aliphatic rings. The molecule has 7 heteroatoms. The van der Waals surface area contributed by atoms with Crippen LogP contribution in [-0.2, 0) is 24.2 Å². The van der Waals surface area contributed by atoms with E-state index in [-0.39, 0.29) is 29.0 Å². The quantitative estimate of drug-likeness (QED) is 0.934. The molecule has 1 aromatic carbocycles. The van der Waals surface area contributed by atoms with Gasteiger partial charge in [0, 0.05) is 23.6 Å². The largest absolute Gasteiger partial charge is 0.346 e. The number of carbonyl (C=O) groups excluding carboxylic acids is 1. The molecule has 5 nitrogen and oxygen atoms in total. The van der Waals surface area contributed by atoms with E-state index in [0.717, 1.165) is 37.5 Å². The van der Waals surface area contributed by atoms with Gasteiger partial charge in [-0.05, 0) is 31.9 Å². The van der Waals surface area contributed by atoms with Gasteiger partial charge in [0.1, 0.15) is 11.6 Å². The number of benzene rings is 1. The second-order valence-corrected chi connectivity index (χ2v) is 6.16. The molecule has 0 spiro atoms. The molecule has 1 atom stereocenters. The molecule has 0 bridgehead atoms. The topological polar surface area (TPSA) is 59.8 Å². The number of nitrogens with zero attached hydrogens (tertiary/aromatic N) is 3. The molecule has 0 saturated heterocycles. The summed E-state index contributed by atoms with van der Waals surface area (Å²) in [7, 11) is 0. The smallest absolute Gasteiger partial charge is 0.225 e. The fourth-order valence-electron chi connectivity index (χ4n) is 2.87. The molecule has 0 saturated carbocycles. The van der Waals surface area contributed by atoms with Crippen molar-refractivity contribution in [3.8, 4) is 0 Å². The van der Waals surface area contributed by atoms with Crippen molar-refractivity contribution in [1.29, 1.82) is 0 Å². The van der Waals surface area contributed by atoms with Gasteiger partial charge in [-0.3, -0.25) is 4.79 Å². The molecule has 23 heavy (non-hydrogen) atoms. The van der Waals surface area contributed by atoms with Gasteiger partial charge in [-0.2, -0.15) is 0 Å². The lowest BCUT2D eigenvalue weighted by atomic mass is 10.1. The highest BCUT2D eigenvalue weighted by atomic mass is 35.5. The van der Waals surface area contributed by atoms with E-state index in [1.165, 1.54) is 12.1 Å². The van der Waals surface area contributed by atoms with Crippen molar-refractivity contribution in [2.24, 2.45) is 0 Å². The van der Waals surface area contributed by atoms with Gasteiger partial charge < -0.3 is 9.88 Å². The summed E-state index contributed by atoms with van der Waals surface area (Å²) in [4.78, 5) is 12.2. The van der Waals surface area contributed by atoms with Crippen molar-refractivity contribution in [1.82, 2.24) is 20.1 Å². The molecule has 0 radical (unpaired) electrons. The number of carbonyl (C=O) groups is 1. The molecule has 3 rings (SSSR count). The van der Waals surface area contributed by atoms with Gasteiger partial charge in [0.05, 0.1) is 12.5 Å². The minimum atomic E-state index is -0.472. The highest BCUT2D eigenvalue weighted by Crippen LogP contribution is 2.21. The summed E-state index contributed by atoms with van der Waals surface area (Å²) in [5.41, 5.74) is 0.210. The van der Waals surface area contributed by atoms with Crippen molar-refractivity contribution in [2.75, 3.05) is 0 Å². The zero-order chi connectivity index (χ0) is 16.4. The first-order valence-corrected chi connectivity index (χ1v) is 8.08. The van der Waals surface area contributed by atoms with Crippen LogP contribution in [-0.4, -0.2) is 20.7 Å². The average Bonchev–Trinajstić information content (AvgIpc) is 2.95. The van der Waals surface area contributed by atoms with E-state index in [4.69, 9.17) is 11.6 Å². The van der Waals surface area contributed by atoms with Crippen LogP contribution in [0.25, 0.3) is 0 Å². The summed E-state index contributed by atoms with van der Waals surface area (Å²) in [5.74, 6) is 0.940. The van der Waals surface area contributed by atoms with E-state index in [1.54, 1.807) is 6.07 Å². The van der Waals surface area contributed by atoms with Gasteiger partial charge in [0.2, 0.25) is 5.91 Å². The fraction of sp³-hybridized carbons (Fsp3) is 0.438. The molecular weight excluding hydrogens is 319 g/mol. The van der Waals surface area contributed by atoms with Crippen LogP contribution in [0, 0.1) is 5.82 Å². The fourth-order valence-corrected chi connectivity index (χ4v) is 3.10. The summed E-state index contributed by atoms with van der Waals surface area (Å²) < 4.78 is 15.8. The number of aryl methyl sites for hydroxylation is 1. The number of aromatic nitrogens is 3. The SMILES string of the molecule is C[C@@H](NC(=O)Cc1c(F)cccc1Cl)c1nnc2n1CCCC2. The Bertz CT molecular complexity index is 711. The van der Waals surface area contributed by atoms with Gasteiger partial charge in [-0.25, -0.2) is 4.39 Å². The Morgan fingerprint density at radius 2 is 2.26 bits per heavy atom. The Labute approximate surface area is 138 Å². The Kier molecular flexibility index (Phi) is 4.61. The number of amides is 1. The zero-order valence-electron chi connectivity index (χ0n) is 12.9. The van der Waals surface area contributed by atoms with Crippen LogP contribution >= 0.6 is 11.6 Å². The molecule has 1 amide bonds. The highest BCUT2D eigenvalue weighted by molar-refractivity contribution is 6.31. The molecule has 122 valence electrons. The van der Waals surface area contributed by atoms with E-state index in [1.807, 2.05) is 6.92 Å². The minimum absolute atomic E-state index is 0.100. The number of nitrogens with one attached hydrogen (secondary N) is 1. The first-order valence-electron chi connectivity index (χ1n) is 7.70. The van der Waals surface area contributed by atoms with Crippen molar-refractivity contribution >= 4 is 17.5 Å². The van der Waals surface area contributed by atoms with Gasteiger partial charge in [-0.15, -0.1) is 10.2 Å². The lowest BCUT2D eigenvalue weighted by Crippen LogP contribution is -2.31. The summed E-state index contributed by atoms with van der Waals surface area (Å²) >= 11 is 5.96. The van der Waals surface area contributed by atoms with Crippen molar-refractivity contribution < 1.29 is 9.18 Å². The monoisotopic (exact) mass is 336 g/mol. The van der Waals surface area contributed by atoms with Crippen LogP contribution in [0.15, 0.2) is 18.2 Å². The van der Waals surface area contributed by atoms with Crippen LogP contribution in [0.4, 0.5) is 4.39 Å². The van der Waals surface area contributed by atoms with Gasteiger partial charge >= 0.3 is 0 Å². The maximum Gasteiger partial charge on any atom is 0.225 e. The van der Waals surface area contributed by atoms with Gasteiger partial charge in [0.15, 0.2) is 5.82 Å². The number of hydrogen-bond donors (Lipinski definition) is 1. The van der Waals surface area contributed by atoms with Gasteiger partial charge in [-0.1, -0.05) is 17.7 Å². The summed E-state index contributed by atoms with van der Waals surface area (Å²) in [6, 6.07) is 4.11. The normalized spacial score (nSPS) is 15.1. The van der Waals surface area contributed by atoms with E-state index in [2.05, 4.69) is 20.1 Å². The Morgan fingerprint density at radius 3 is 3.04 bits per heavy atom. The van der Waals surface area contributed by atoms with Crippen LogP contribution in [0.5, 0.6) is 0 Å². The van der Waals surface area contributed by atoms with E-state index >= 15 is 0 Å². The Hall–Kier alpha value is -1.95. The molecule has 1 aromatic heterocycles. The van der Waals surface area contributed by atoms with E-state index in [0.29, 0.717) is 0 Å². The molecule has 2 aromatic rings. The van der Waals surface area contributed by atoms with Gasteiger partial charge in [0.25, 0.3) is 0 Å². The highest BCUT2D eigenvalue weighted by Gasteiger charge is 2.22. The molecule has 0 fully saturated rings. The van der Waals surface area contributed by atoms with Crippen LogP contribution < -0.4 is 5.32 Å². The number of hydrogen-bond acceptors (Lipinski definition) is 3. The maximum atomic E-state index is 13.8. The number of rotatable bonds is 4. The Balaban J connectivity index is 1.69. The number of fused-ring (bicyclic) bond motifs is 1. The van der Waals surface area contributed by atoms with Crippen molar-refractivity contribution in [3.63, 3.8) is 0 Å².